The number of H-pyrrole nitrogens is 1. The average Bonchev–Trinajstić information content (AvgIpc) is 3.22. The van der Waals surface area contributed by atoms with Crippen molar-refractivity contribution in [3.05, 3.63) is 95.9 Å². The van der Waals surface area contributed by atoms with Gasteiger partial charge in [0.05, 0.1) is 0 Å². The van der Waals surface area contributed by atoms with Gasteiger partial charge in [0.25, 0.3) is 5.91 Å². The predicted octanol–water partition coefficient (Wildman–Crippen LogP) is 4.70. The normalized spacial score (nSPS) is 11.8. The zero-order valence-corrected chi connectivity index (χ0v) is 18.1. The first-order valence-electron chi connectivity index (χ1n) is 10.5. The van der Waals surface area contributed by atoms with Crippen LogP contribution >= 0.6 is 0 Å². The number of nitrogens with one attached hydrogen (secondary N) is 2. The molecule has 1 amide bonds. The smallest absolute Gasteiger partial charge is 0.257 e. The first kappa shape index (κ1) is 21.4. The second kappa shape index (κ2) is 9.56. The average molecular weight is 432 g/mol. The van der Waals surface area contributed by atoms with Crippen LogP contribution in [-0.2, 0) is 4.79 Å². The van der Waals surface area contributed by atoms with Gasteiger partial charge in [-0.25, -0.2) is 4.39 Å². The summed E-state index contributed by atoms with van der Waals surface area (Å²) in [6.45, 7) is 0.234. The van der Waals surface area contributed by atoms with E-state index in [-0.39, 0.29) is 18.4 Å². The summed E-state index contributed by atoms with van der Waals surface area (Å²) < 4.78 is 18.7. The molecule has 1 atom stereocenters. The molecule has 0 aliphatic carbocycles. The second-order valence-corrected chi connectivity index (χ2v) is 7.88. The van der Waals surface area contributed by atoms with E-state index in [9.17, 15) is 9.18 Å². The van der Waals surface area contributed by atoms with Crippen molar-refractivity contribution < 1.29 is 13.9 Å². The molecule has 0 spiro atoms. The standard InChI is InChI=1S/C26H26FN3O2/c1-30(2)20-12-10-18(11-13-20)23(24-16-28-25-9-4-3-8-22(24)25)15-29-26(31)17-32-21-7-5-6-19(27)14-21/h3-14,16,23,28H,15,17H2,1-2H3,(H,29,31)/t23-/m0/s1. The van der Waals surface area contributed by atoms with Crippen LogP contribution in [0.15, 0.2) is 79.0 Å². The Morgan fingerprint density at radius 2 is 1.84 bits per heavy atom. The topological polar surface area (TPSA) is 57.4 Å². The number of hydrogen-bond acceptors (Lipinski definition) is 3. The lowest BCUT2D eigenvalue weighted by molar-refractivity contribution is -0.123. The summed E-state index contributed by atoms with van der Waals surface area (Å²) in [4.78, 5) is 17.8. The first-order chi connectivity index (χ1) is 15.5. The molecule has 0 bridgehead atoms. The van der Waals surface area contributed by atoms with E-state index in [4.69, 9.17) is 4.74 Å². The first-order valence-corrected chi connectivity index (χ1v) is 10.5. The number of nitrogens with zero attached hydrogens (tertiary/aromatic N) is 1. The molecule has 0 unspecified atom stereocenters. The maximum atomic E-state index is 13.3. The van der Waals surface area contributed by atoms with Crippen molar-refractivity contribution in [1.82, 2.24) is 10.3 Å². The number of carbonyl (C=O) groups excluding carboxylic acids is 1. The Hall–Kier alpha value is -3.80. The third-order valence-electron chi connectivity index (χ3n) is 5.48. The molecular weight excluding hydrogens is 405 g/mol. The van der Waals surface area contributed by atoms with Gasteiger partial charge in [-0.3, -0.25) is 4.79 Å². The molecule has 2 N–H and O–H groups in total. The Morgan fingerprint density at radius 1 is 1.06 bits per heavy atom. The summed E-state index contributed by atoms with van der Waals surface area (Å²) in [6.07, 6.45) is 2.00. The van der Waals surface area contributed by atoms with Crippen molar-refractivity contribution in [3.63, 3.8) is 0 Å². The zero-order chi connectivity index (χ0) is 22.5. The van der Waals surface area contributed by atoms with Crippen LogP contribution in [0.3, 0.4) is 0 Å². The van der Waals surface area contributed by atoms with E-state index < -0.39 is 5.82 Å². The summed E-state index contributed by atoms with van der Waals surface area (Å²) >= 11 is 0. The number of aromatic nitrogens is 1. The van der Waals surface area contributed by atoms with Gasteiger partial charge in [-0.1, -0.05) is 36.4 Å². The number of carbonyl (C=O) groups is 1. The molecular formula is C26H26FN3O2. The number of aromatic amines is 1. The number of benzene rings is 3. The van der Waals surface area contributed by atoms with Gasteiger partial charge in [-0.15, -0.1) is 0 Å². The maximum Gasteiger partial charge on any atom is 0.257 e. The Morgan fingerprint density at radius 3 is 2.59 bits per heavy atom. The highest BCUT2D eigenvalue weighted by Gasteiger charge is 2.19. The number of hydrogen-bond donors (Lipinski definition) is 2. The fourth-order valence-electron chi connectivity index (χ4n) is 3.77. The molecule has 4 rings (SSSR count). The lowest BCUT2D eigenvalue weighted by Gasteiger charge is -2.20. The van der Waals surface area contributed by atoms with Crippen molar-refractivity contribution >= 4 is 22.5 Å². The molecule has 0 saturated heterocycles. The third-order valence-corrected chi connectivity index (χ3v) is 5.48. The lowest BCUT2D eigenvalue weighted by Crippen LogP contribution is -2.32. The Bertz CT molecular complexity index is 1200. The van der Waals surface area contributed by atoms with Crippen molar-refractivity contribution in [2.45, 2.75) is 5.92 Å². The lowest BCUT2D eigenvalue weighted by atomic mass is 9.90. The van der Waals surface area contributed by atoms with Gasteiger partial charge in [-0.05, 0) is 41.5 Å². The predicted molar refractivity (Wildman–Crippen MR) is 126 cm³/mol. The molecule has 32 heavy (non-hydrogen) atoms. The minimum absolute atomic E-state index is 0.0412. The van der Waals surface area contributed by atoms with E-state index in [1.54, 1.807) is 12.1 Å². The van der Waals surface area contributed by atoms with Crippen LogP contribution in [-0.4, -0.2) is 38.1 Å². The van der Waals surface area contributed by atoms with Crippen LogP contribution < -0.4 is 15.0 Å². The molecule has 0 radical (unpaired) electrons. The van der Waals surface area contributed by atoms with Gasteiger partial charge < -0.3 is 19.9 Å². The van der Waals surface area contributed by atoms with Crippen molar-refractivity contribution in [3.8, 4) is 5.75 Å². The SMILES string of the molecule is CN(C)c1ccc([C@H](CNC(=O)COc2cccc(F)c2)c2c[nH]c3ccccc23)cc1. The Labute approximate surface area is 186 Å². The van der Waals surface area contributed by atoms with Gasteiger partial charge >= 0.3 is 0 Å². The molecule has 3 aromatic carbocycles. The van der Waals surface area contributed by atoms with E-state index in [2.05, 4.69) is 45.5 Å². The van der Waals surface area contributed by atoms with Crippen LogP contribution in [0.2, 0.25) is 0 Å². The van der Waals surface area contributed by atoms with Crippen LogP contribution in [0.4, 0.5) is 10.1 Å². The summed E-state index contributed by atoms with van der Waals surface area (Å²) in [5, 5.41) is 4.10. The van der Waals surface area contributed by atoms with E-state index in [1.165, 1.54) is 12.1 Å². The largest absolute Gasteiger partial charge is 0.484 e. The summed E-state index contributed by atoms with van der Waals surface area (Å²) in [5.41, 5.74) is 4.38. The summed E-state index contributed by atoms with van der Waals surface area (Å²) in [7, 11) is 4.01. The molecule has 0 aliphatic rings. The highest BCUT2D eigenvalue weighted by Crippen LogP contribution is 2.31. The van der Waals surface area contributed by atoms with Crippen LogP contribution in [0.25, 0.3) is 10.9 Å². The number of ether oxygens (including phenoxy) is 1. The molecule has 5 nitrogen and oxygen atoms in total. The van der Waals surface area contributed by atoms with E-state index in [0.717, 1.165) is 27.7 Å². The molecule has 1 aromatic heterocycles. The minimum atomic E-state index is -0.400. The minimum Gasteiger partial charge on any atom is -0.484 e. The van der Waals surface area contributed by atoms with Gasteiger partial charge in [-0.2, -0.15) is 0 Å². The quantitative estimate of drug-likeness (QED) is 0.425. The van der Waals surface area contributed by atoms with Crippen LogP contribution in [0.1, 0.15) is 17.0 Å². The van der Waals surface area contributed by atoms with Crippen molar-refractivity contribution in [2.24, 2.45) is 0 Å². The number of fused-ring (bicyclic) bond motifs is 1. The van der Waals surface area contributed by atoms with Gasteiger partial charge in [0.2, 0.25) is 0 Å². The highest BCUT2D eigenvalue weighted by molar-refractivity contribution is 5.84. The van der Waals surface area contributed by atoms with Crippen molar-refractivity contribution in [1.29, 1.82) is 0 Å². The second-order valence-electron chi connectivity index (χ2n) is 7.88. The molecule has 4 aromatic rings. The maximum absolute atomic E-state index is 13.3. The highest BCUT2D eigenvalue weighted by atomic mass is 19.1. The van der Waals surface area contributed by atoms with Gasteiger partial charge in [0.1, 0.15) is 11.6 Å². The third kappa shape index (κ3) is 4.91. The zero-order valence-electron chi connectivity index (χ0n) is 18.1. The van der Waals surface area contributed by atoms with Gasteiger partial charge in [0.15, 0.2) is 6.61 Å². The number of anilines is 1. The molecule has 0 aliphatic heterocycles. The van der Waals surface area contributed by atoms with Gasteiger partial charge in [0, 0.05) is 55.4 Å². The van der Waals surface area contributed by atoms with E-state index in [1.807, 2.05) is 38.5 Å². The number of halogens is 1. The monoisotopic (exact) mass is 431 g/mol. The number of para-hydroxylation sites is 1. The molecule has 0 fully saturated rings. The Kier molecular flexibility index (Phi) is 6.40. The van der Waals surface area contributed by atoms with E-state index >= 15 is 0 Å². The molecule has 164 valence electrons. The summed E-state index contributed by atoms with van der Waals surface area (Å²) in [5.74, 6) is -0.374. The van der Waals surface area contributed by atoms with E-state index in [0.29, 0.717) is 12.3 Å². The molecule has 1 heterocycles. The fraction of sp³-hybridized carbons (Fsp3) is 0.192. The van der Waals surface area contributed by atoms with Crippen LogP contribution in [0.5, 0.6) is 5.75 Å². The fourth-order valence-corrected chi connectivity index (χ4v) is 3.77. The van der Waals surface area contributed by atoms with Crippen molar-refractivity contribution in [2.75, 3.05) is 32.1 Å². The number of amides is 1. The molecule has 0 saturated carbocycles. The summed E-state index contributed by atoms with van der Waals surface area (Å²) in [6, 6.07) is 22.2. The van der Waals surface area contributed by atoms with Crippen LogP contribution in [0, 0.1) is 5.82 Å². The number of rotatable bonds is 8. The molecule has 6 heteroatoms. The Balaban J connectivity index is 1.52.